The zero-order valence-electron chi connectivity index (χ0n) is 10.3. The minimum Gasteiger partial charge on any atom is -0.476 e. The molecule has 5 nitrogen and oxygen atoms in total. The standard InChI is InChI=1S/C12H14N2O3/c15-10(16)14-6-1-9(13-14)17-7-8-11(2-3-11)12(8)4-5-12/h1,6,8H,2-5,7H2,(H,15,16)/i8D. The van der Waals surface area contributed by atoms with E-state index in [0.717, 1.165) is 30.4 Å². The number of aromatic nitrogens is 2. The van der Waals surface area contributed by atoms with Gasteiger partial charge in [0.05, 0.1) is 6.61 Å². The summed E-state index contributed by atoms with van der Waals surface area (Å²) in [6, 6.07) is 1.53. The van der Waals surface area contributed by atoms with Crippen LogP contribution >= 0.6 is 0 Å². The highest BCUT2D eigenvalue weighted by Crippen LogP contribution is 2.92. The Hall–Kier alpha value is -1.52. The Morgan fingerprint density at radius 2 is 2.24 bits per heavy atom. The third-order valence-electron chi connectivity index (χ3n) is 4.63. The fourth-order valence-electron chi connectivity index (χ4n) is 3.44. The van der Waals surface area contributed by atoms with Gasteiger partial charge >= 0.3 is 6.09 Å². The largest absolute Gasteiger partial charge is 0.476 e. The first-order valence-electron chi connectivity index (χ1n) is 6.47. The molecule has 0 bridgehead atoms. The van der Waals surface area contributed by atoms with Crippen LogP contribution in [-0.4, -0.2) is 27.6 Å². The molecule has 3 aliphatic carbocycles. The molecule has 3 fully saturated rings. The van der Waals surface area contributed by atoms with Gasteiger partial charge in [0, 0.05) is 19.5 Å². The van der Waals surface area contributed by atoms with Crippen LogP contribution in [0.3, 0.4) is 0 Å². The minimum atomic E-state index is -1.13. The van der Waals surface area contributed by atoms with Crippen molar-refractivity contribution in [3.05, 3.63) is 12.3 Å². The van der Waals surface area contributed by atoms with Gasteiger partial charge in [0.2, 0.25) is 5.88 Å². The van der Waals surface area contributed by atoms with E-state index in [1.165, 1.54) is 12.3 Å². The monoisotopic (exact) mass is 235 g/mol. The van der Waals surface area contributed by atoms with E-state index in [2.05, 4.69) is 5.10 Å². The Morgan fingerprint density at radius 3 is 2.71 bits per heavy atom. The topological polar surface area (TPSA) is 64.3 Å². The number of fused-ring (bicyclic) bond motifs is 1. The van der Waals surface area contributed by atoms with Crippen molar-refractivity contribution in [1.29, 1.82) is 0 Å². The Bertz CT molecular complexity index is 527. The summed E-state index contributed by atoms with van der Waals surface area (Å²) in [5, 5.41) is 12.5. The average molecular weight is 235 g/mol. The molecular formula is C12H14N2O3. The summed E-state index contributed by atoms with van der Waals surface area (Å²) < 4.78 is 14.9. The van der Waals surface area contributed by atoms with E-state index in [1.54, 1.807) is 0 Å². The molecule has 3 aliphatic rings. The first-order chi connectivity index (χ1) is 8.55. The van der Waals surface area contributed by atoms with Crippen molar-refractivity contribution in [2.45, 2.75) is 25.7 Å². The van der Waals surface area contributed by atoms with Crippen molar-refractivity contribution in [3.8, 4) is 5.88 Å². The van der Waals surface area contributed by atoms with Crippen LogP contribution in [0.4, 0.5) is 4.79 Å². The van der Waals surface area contributed by atoms with E-state index < -0.39 is 12.0 Å². The van der Waals surface area contributed by atoms with E-state index in [1.807, 2.05) is 0 Å². The lowest BCUT2D eigenvalue weighted by atomic mass is 10.3. The normalized spacial score (nSPS) is 28.8. The number of ether oxygens (including phenoxy) is 1. The summed E-state index contributed by atoms with van der Waals surface area (Å²) in [4.78, 5) is 10.7. The van der Waals surface area contributed by atoms with Gasteiger partial charge < -0.3 is 9.84 Å². The Labute approximate surface area is 99.8 Å². The van der Waals surface area contributed by atoms with Gasteiger partial charge in [-0.25, -0.2) is 4.79 Å². The van der Waals surface area contributed by atoms with Gasteiger partial charge in [0.25, 0.3) is 0 Å². The lowest BCUT2D eigenvalue weighted by Crippen LogP contribution is -2.09. The van der Waals surface area contributed by atoms with Gasteiger partial charge in [-0.3, -0.25) is 0 Å². The summed E-state index contributed by atoms with van der Waals surface area (Å²) in [5.41, 5.74) is 0.463. The average Bonchev–Trinajstić information content (AvgIpc) is 3.24. The number of nitrogens with zero attached hydrogens (tertiary/aromatic N) is 2. The van der Waals surface area contributed by atoms with Crippen LogP contribution < -0.4 is 4.74 Å². The fraction of sp³-hybridized carbons (Fsp3) is 0.667. The van der Waals surface area contributed by atoms with Gasteiger partial charge in [-0.1, -0.05) is 0 Å². The van der Waals surface area contributed by atoms with E-state index >= 15 is 0 Å². The molecular weight excluding hydrogens is 220 g/mol. The van der Waals surface area contributed by atoms with Crippen LogP contribution in [0.25, 0.3) is 0 Å². The maximum Gasteiger partial charge on any atom is 0.432 e. The van der Waals surface area contributed by atoms with Crippen molar-refractivity contribution in [1.82, 2.24) is 9.78 Å². The van der Waals surface area contributed by atoms with E-state index in [-0.39, 0.29) is 10.8 Å². The van der Waals surface area contributed by atoms with Crippen LogP contribution in [0.1, 0.15) is 27.1 Å². The molecule has 1 aromatic rings. The maximum atomic E-state index is 10.7. The van der Waals surface area contributed by atoms with Crippen molar-refractivity contribution in [2.75, 3.05) is 6.61 Å². The van der Waals surface area contributed by atoms with Crippen molar-refractivity contribution in [2.24, 2.45) is 16.7 Å². The summed E-state index contributed by atoms with van der Waals surface area (Å²) in [6.45, 7) is 0.337. The molecule has 1 heterocycles. The third kappa shape index (κ3) is 1.09. The molecule has 0 saturated heterocycles. The molecule has 5 heteroatoms. The van der Waals surface area contributed by atoms with Crippen molar-refractivity contribution in [3.63, 3.8) is 0 Å². The van der Waals surface area contributed by atoms with Gasteiger partial charge in [-0.15, -0.1) is 5.10 Å². The molecule has 90 valence electrons. The predicted octanol–water partition coefficient (Wildman–Crippen LogP) is 1.98. The first kappa shape index (κ1) is 8.55. The van der Waals surface area contributed by atoms with Crippen molar-refractivity contribution < 1.29 is 16.0 Å². The number of carboxylic acid groups (broad SMARTS) is 1. The lowest BCUT2D eigenvalue weighted by Gasteiger charge is -2.00. The molecule has 2 spiro atoms. The summed E-state index contributed by atoms with van der Waals surface area (Å²) >= 11 is 0. The molecule has 1 N–H and O–H groups in total. The van der Waals surface area contributed by atoms with Crippen LogP contribution in [-0.2, 0) is 0 Å². The third-order valence-corrected chi connectivity index (χ3v) is 4.63. The Balaban J connectivity index is 1.46. The second-order valence-electron chi connectivity index (χ2n) is 5.31. The van der Waals surface area contributed by atoms with E-state index in [0.29, 0.717) is 12.5 Å². The maximum absolute atomic E-state index is 10.7. The summed E-state index contributed by atoms with van der Waals surface area (Å²) in [6.07, 6.45) is 4.84. The van der Waals surface area contributed by atoms with Gasteiger partial charge in [0.15, 0.2) is 0 Å². The number of hydrogen-bond acceptors (Lipinski definition) is 3. The Kier molecular flexibility index (Phi) is 1.34. The molecule has 0 atom stereocenters. The molecule has 3 saturated carbocycles. The van der Waals surface area contributed by atoms with Gasteiger partial charge in [0.1, 0.15) is 0 Å². The van der Waals surface area contributed by atoms with Crippen LogP contribution in [0, 0.1) is 16.7 Å². The van der Waals surface area contributed by atoms with Crippen LogP contribution in [0.2, 0.25) is 0 Å². The molecule has 4 rings (SSSR count). The van der Waals surface area contributed by atoms with E-state index in [4.69, 9.17) is 11.2 Å². The quantitative estimate of drug-likeness (QED) is 0.870. The smallest absolute Gasteiger partial charge is 0.432 e. The minimum absolute atomic E-state index is 0.232. The number of carbonyl (C=O) groups is 1. The SMILES string of the molecule is [2H]C1(COc2ccn(C(=O)O)n2)C2(CC2)C12CC2. The summed E-state index contributed by atoms with van der Waals surface area (Å²) in [5.74, 6) is -0.157. The second kappa shape index (κ2) is 2.66. The number of hydrogen-bond donors (Lipinski definition) is 1. The van der Waals surface area contributed by atoms with Crippen LogP contribution in [0.15, 0.2) is 12.3 Å². The molecule has 0 unspecified atom stereocenters. The lowest BCUT2D eigenvalue weighted by molar-refractivity contribution is 0.191. The zero-order chi connectivity index (χ0) is 12.6. The molecule has 0 amide bonds. The highest BCUT2D eigenvalue weighted by Gasteiger charge is 2.86. The molecule has 0 aromatic carbocycles. The molecule has 17 heavy (non-hydrogen) atoms. The molecule has 0 radical (unpaired) electrons. The van der Waals surface area contributed by atoms with Crippen molar-refractivity contribution >= 4 is 6.09 Å². The first-order valence-corrected chi connectivity index (χ1v) is 5.97. The van der Waals surface area contributed by atoms with Crippen LogP contribution in [0.5, 0.6) is 5.88 Å². The fourth-order valence-corrected chi connectivity index (χ4v) is 3.44. The van der Waals surface area contributed by atoms with E-state index in [9.17, 15) is 4.79 Å². The highest BCUT2D eigenvalue weighted by molar-refractivity contribution is 5.66. The Morgan fingerprint density at radius 1 is 1.59 bits per heavy atom. The zero-order valence-corrected chi connectivity index (χ0v) is 9.35. The highest BCUT2D eigenvalue weighted by atomic mass is 16.5. The predicted molar refractivity (Wildman–Crippen MR) is 58.0 cm³/mol. The molecule has 0 aliphatic heterocycles. The number of rotatable bonds is 3. The molecule has 1 aromatic heterocycles. The van der Waals surface area contributed by atoms with Gasteiger partial charge in [-0.05, 0) is 36.5 Å². The second-order valence-corrected chi connectivity index (χ2v) is 5.31. The summed E-state index contributed by atoms with van der Waals surface area (Å²) in [7, 11) is 0. The van der Waals surface area contributed by atoms with Gasteiger partial charge in [-0.2, -0.15) is 4.68 Å².